The van der Waals surface area contributed by atoms with Gasteiger partial charge >= 0.3 is 0 Å². The van der Waals surface area contributed by atoms with Crippen molar-refractivity contribution in [1.82, 2.24) is 4.90 Å². The van der Waals surface area contributed by atoms with Gasteiger partial charge in [0.15, 0.2) is 0 Å². The minimum atomic E-state index is -0.323. The van der Waals surface area contributed by atoms with E-state index in [1.165, 1.54) is 11.6 Å². The predicted molar refractivity (Wildman–Crippen MR) is 108 cm³/mol. The van der Waals surface area contributed by atoms with E-state index in [0.29, 0.717) is 24.6 Å². The molecule has 2 aromatic carbocycles. The Balaban J connectivity index is 1.62. The molecule has 2 aromatic rings. The van der Waals surface area contributed by atoms with Crippen LogP contribution in [0.3, 0.4) is 0 Å². The number of benzene rings is 2. The summed E-state index contributed by atoms with van der Waals surface area (Å²) >= 11 is 0. The first-order chi connectivity index (χ1) is 13.2. The summed E-state index contributed by atoms with van der Waals surface area (Å²) in [6.07, 6.45) is 3.64. The first-order valence-corrected chi connectivity index (χ1v) is 9.98. The Hall–Kier alpha value is -2.20. The quantitative estimate of drug-likeness (QED) is 0.717. The molecule has 144 valence electrons. The van der Waals surface area contributed by atoms with Gasteiger partial charge in [-0.15, -0.1) is 0 Å². The molecule has 27 heavy (non-hydrogen) atoms. The number of nitrogens with zero attached hydrogens (tertiary/aromatic N) is 2. The number of halogens is 1. The van der Waals surface area contributed by atoms with Crippen LogP contribution in [0, 0.1) is 11.7 Å². The molecule has 1 unspecified atom stereocenters. The topological polar surface area (TPSA) is 23.6 Å². The highest BCUT2D eigenvalue weighted by Gasteiger charge is 2.25. The van der Waals surface area contributed by atoms with Crippen LogP contribution < -0.4 is 4.90 Å². The third-order valence-electron chi connectivity index (χ3n) is 5.35. The Morgan fingerprint density at radius 1 is 1.15 bits per heavy atom. The first kappa shape index (κ1) is 19.6. The lowest BCUT2D eigenvalue weighted by Crippen LogP contribution is -2.43. The van der Waals surface area contributed by atoms with Crippen molar-refractivity contribution >= 4 is 11.6 Å². The van der Waals surface area contributed by atoms with Crippen LogP contribution in [0.25, 0.3) is 0 Å². The van der Waals surface area contributed by atoms with E-state index >= 15 is 0 Å². The summed E-state index contributed by atoms with van der Waals surface area (Å²) < 4.78 is 14.3. The van der Waals surface area contributed by atoms with Gasteiger partial charge in [0, 0.05) is 26.1 Å². The number of hydrogen-bond acceptors (Lipinski definition) is 2. The molecule has 0 spiro atoms. The summed E-state index contributed by atoms with van der Waals surface area (Å²) in [6.45, 7) is 5.53. The fourth-order valence-corrected chi connectivity index (χ4v) is 3.89. The molecular weight excluding hydrogens is 339 g/mol. The second-order valence-electron chi connectivity index (χ2n) is 7.35. The van der Waals surface area contributed by atoms with Gasteiger partial charge in [0.25, 0.3) is 0 Å². The molecule has 1 aliphatic heterocycles. The van der Waals surface area contributed by atoms with E-state index in [9.17, 15) is 9.18 Å². The molecule has 0 N–H and O–H groups in total. The number of rotatable bonds is 7. The van der Waals surface area contributed by atoms with E-state index in [-0.39, 0.29) is 11.7 Å². The van der Waals surface area contributed by atoms with Crippen LogP contribution in [-0.2, 0) is 11.2 Å². The standard InChI is InChI=1S/C23H29FN2O/c1-2-23(27)26(22-13-7-6-12-21(22)24)18-20-11-8-15-25(17-20)16-14-19-9-4-3-5-10-19/h3-7,9-10,12-13,20H,2,8,11,14-18H2,1H3. The molecule has 0 saturated carbocycles. The molecule has 1 amide bonds. The number of likely N-dealkylation sites (tertiary alicyclic amines) is 1. The summed E-state index contributed by atoms with van der Waals surface area (Å²) in [5.74, 6) is 0.0437. The van der Waals surface area contributed by atoms with Crippen LogP contribution >= 0.6 is 0 Å². The monoisotopic (exact) mass is 368 g/mol. The van der Waals surface area contributed by atoms with Gasteiger partial charge in [-0.05, 0) is 49.4 Å². The van der Waals surface area contributed by atoms with Crippen molar-refractivity contribution in [2.75, 3.05) is 31.1 Å². The second-order valence-corrected chi connectivity index (χ2v) is 7.35. The summed E-state index contributed by atoms with van der Waals surface area (Å²) in [4.78, 5) is 16.6. The van der Waals surface area contributed by atoms with Crippen molar-refractivity contribution in [1.29, 1.82) is 0 Å². The third kappa shape index (κ3) is 5.39. The van der Waals surface area contributed by atoms with E-state index in [2.05, 4.69) is 29.2 Å². The fraction of sp³-hybridized carbons (Fsp3) is 0.435. The molecule has 1 heterocycles. The number of carbonyl (C=O) groups is 1. The smallest absolute Gasteiger partial charge is 0.226 e. The van der Waals surface area contributed by atoms with Crippen molar-refractivity contribution in [3.63, 3.8) is 0 Å². The maximum absolute atomic E-state index is 14.3. The highest BCUT2D eigenvalue weighted by atomic mass is 19.1. The predicted octanol–water partition coefficient (Wildman–Crippen LogP) is 4.52. The Morgan fingerprint density at radius 3 is 2.63 bits per heavy atom. The molecule has 0 radical (unpaired) electrons. The molecular formula is C23H29FN2O. The Bertz CT molecular complexity index is 734. The Morgan fingerprint density at radius 2 is 1.89 bits per heavy atom. The maximum Gasteiger partial charge on any atom is 0.226 e. The average molecular weight is 368 g/mol. The summed E-state index contributed by atoms with van der Waals surface area (Å²) in [5.41, 5.74) is 1.76. The lowest BCUT2D eigenvalue weighted by atomic mass is 9.96. The summed E-state index contributed by atoms with van der Waals surface area (Å²) in [6, 6.07) is 17.1. The highest BCUT2D eigenvalue weighted by molar-refractivity contribution is 5.93. The zero-order chi connectivity index (χ0) is 19.1. The fourth-order valence-electron chi connectivity index (χ4n) is 3.89. The van der Waals surface area contributed by atoms with E-state index in [1.54, 1.807) is 23.1 Å². The largest absolute Gasteiger partial charge is 0.309 e. The molecule has 1 atom stereocenters. The second kappa shape index (κ2) is 9.65. The van der Waals surface area contributed by atoms with Crippen LogP contribution in [0.1, 0.15) is 31.7 Å². The molecule has 1 saturated heterocycles. The number of para-hydroxylation sites is 1. The van der Waals surface area contributed by atoms with E-state index in [0.717, 1.165) is 38.9 Å². The molecule has 0 aromatic heterocycles. The normalized spacial score (nSPS) is 17.6. The van der Waals surface area contributed by atoms with Gasteiger partial charge in [0.2, 0.25) is 5.91 Å². The number of piperidine rings is 1. The van der Waals surface area contributed by atoms with E-state index in [1.807, 2.05) is 13.0 Å². The highest BCUT2D eigenvalue weighted by Crippen LogP contribution is 2.24. The molecule has 1 fully saturated rings. The number of carbonyl (C=O) groups excluding carboxylic acids is 1. The lowest BCUT2D eigenvalue weighted by molar-refractivity contribution is -0.118. The SMILES string of the molecule is CCC(=O)N(CC1CCCN(CCc2ccccc2)C1)c1ccccc1F. The summed E-state index contributed by atoms with van der Waals surface area (Å²) in [7, 11) is 0. The van der Waals surface area contributed by atoms with E-state index in [4.69, 9.17) is 0 Å². The van der Waals surface area contributed by atoms with Crippen molar-refractivity contribution in [2.24, 2.45) is 5.92 Å². The number of anilines is 1. The number of amides is 1. The minimum Gasteiger partial charge on any atom is -0.309 e. The van der Waals surface area contributed by atoms with Gasteiger partial charge in [-0.25, -0.2) is 4.39 Å². The van der Waals surface area contributed by atoms with Gasteiger partial charge in [0.05, 0.1) is 5.69 Å². The Kier molecular flexibility index (Phi) is 6.99. The first-order valence-electron chi connectivity index (χ1n) is 9.98. The summed E-state index contributed by atoms with van der Waals surface area (Å²) in [5, 5.41) is 0. The van der Waals surface area contributed by atoms with Crippen LogP contribution in [-0.4, -0.2) is 37.0 Å². The van der Waals surface area contributed by atoms with Crippen molar-refractivity contribution in [3.05, 3.63) is 66.0 Å². The van der Waals surface area contributed by atoms with Crippen LogP contribution in [0.15, 0.2) is 54.6 Å². The third-order valence-corrected chi connectivity index (χ3v) is 5.35. The van der Waals surface area contributed by atoms with Gasteiger partial charge in [-0.2, -0.15) is 0 Å². The van der Waals surface area contributed by atoms with Crippen molar-refractivity contribution < 1.29 is 9.18 Å². The van der Waals surface area contributed by atoms with Crippen LogP contribution in [0.4, 0.5) is 10.1 Å². The molecule has 0 bridgehead atoms. The van der Waals surface area contributed by atoms with Crippen molar-refractivity contribution in [3.8, 4) is 0 Å². The minimum absolute atomic E-state index is 0.0125. The van der Waals surface area contributed by atoms with Gasteiger partial charge in [-0.3, -0.25) is 4.79 Å². The van der Waals surface area contributed by atoms with E-state index < -0.39 is 0 Å². The maximum atomic E-state index is 14.3. The van der Waals surface area contributed by atoms with Crippen LogP contribution in [0.2, 0.25) is 0 Å². The van der Waals surface area contributed by atoms with Crippen molar-refractivity contribution in [2.45, 2.75) is 32.6 Å². The van der Waals surface area contributed by atoms with Gasteiger partial charge < -0.3 is 9.80 Å². The Labute approximate surface area is 161 Å². The van der Waals surface area contributed by atoms with Gasteiger partial charge in [0.1, 0.15) is 5.82 Å². The zero-order valence-electron chi connectivity index (χ0n) is 16.1. The molecule has 3 rings (SSSR count). The average Bonchev–Trinajstić information content (AvgIpc) is 2.72. The zero-order valence-corrected chi connectivity index (χ0v) is 16.1. The van der Waals surface area contributed by atoms with Crippen LogP contribution in [0.5, 0.6) is 0 Å². The molecule has 3 nitrogen and oxygen atoms in total. The molecule has 4 heteroatoms. The number of hydrogen-bond donors (Lipinski definition) is 0. The molecule has 1 aliphatic rings. The van der Waals surface area contributed by atoms with Gasteiger partial charge in [-0.1, -0.05) is 49.4 Å². The lowest BCUT2D eigenvalue weighted by Gasteiger charge is -2.36. The molecule has 0 aliphatic carbocycles.